The summed E-state index contributed by atoms with van der Waals surface area (Å²) in [5.74, 6) is -0.184. The standard InChI is InChI=1S/C11H13N5O2/c1-18-8-11(17)13-6-9-7-16(15-14-9)10-2-4-12-5-3-10/h2-5,7H,6,8H2,1H3,(H,13,17). The Balaban J connectivity index is 1.97. The van der Waals surface area contributed by atoms with Crippen molar-refractivity contribution in [3.05, 3.63) is 36.4 Å². The molecule has 7 heteroatoms. The largest absolute Gasteiger partial charge is 0.375 e. The maximum absolute atomic E-state index is 11.2. The molecule has 94 valence electrons. The molecular formula is C11H13N5O2. The number of hydrogen-bond acceptors (Lipinski definition) is 5. The van der Waals surface area contributed by atoms with Gasteiger partial charge in [-0.25, -0.2) is 4.68 Å². The Bertz CT molecular complexity index is 511. The second kappa shape index (κ2) is 5.87. The molecule has 2 heterocycles. The monoisotopic (exact) mass is 247 g/mol. The maximum Gasteiger partial charge on any atom is 0.246 e. The minimum Gasteiger partial charge on any atom is -0.375 e. The van der Waals surface area contributed by atoms with Crippen LogP contribution >= 0.6 is 0 Å². The normalized spacial score (nSPS) is 10.3. The van der Waals surface area contributed by atoms with Crippen LogP contribution in [0.5, 0.6) is 0 Å². The number of rotatable bonds is 5. The fourth-order valence-corrected chi connectivity index (χ4v) is 1.37. The van der Waals surface area contributed by atoms with Gasteiger partial charge in [-0.1, -0.05) is 5.21 Å². The molecule has 0 unspecified atom stereocenters. The first-order chi connectivity index (χ1) is 8.79. The predicted molar refractivity (Wildman–Crippen MR) is 62.9 cm³/mol. The van der Waals surface area contributed by atoms with Crippen molar-refractivity contribution in [2.75, 3.05) is 13.7 Å². The van der Waals surface area contributed by atoms with Crippen LogP contribution in [0.3, 0.4) is 0 Å². The highest BCUT2D eigenvalue weighted by atomic mass is 16.5. The molecule has 0 aliphatic carbocycles. The average Bonchev–Trinajstić information content (AvgIpc) is 2.87. The zero-order valence-electron chi connectivity index (χ0n) is 9.91. The second-order valence-corrected chi connectivity index (χ2v) is 3.57. The molecule has 0 atom stereocenters. The molecule has 7 nitrogen and oxygen atoms in total. The van der Waals surface area contributed by atoms with Gasteiger partial charge in [-0.15, -0.1) is 5.10 Å². The van der Waals surface area contributed by atoms with Gasteiger partial charge in [-0.2, -0.15) is 0 Å². The van der Waals surface area contributed by atoms with E-state index in [1.165, 1.54) is 7.11 Å². The smallest absolute Gasteiger partial charge is 0.246 e. The Morgan fingerprint density at radius 1 is 1.44 bits per heavy atom. The molecular weight excluding hydrogens is 234 g/mol. The minimum absolute atomic E-state index is 0.0402. The zero-order chi connectivity index (χ0) is 12.8. The van der Waals surface area contributed by atoms with Crippen molar-refractivity contribution in [2.45, 2.75) is 6.54 Å². The molecule has 0 saturated heterocycles. The van der Waals surface area contributed by atoms with Gasteiger partial charge < -0.3 is 10.1 Å². The van der Waals surface area contributed by atoms with Crippen molar-refractivity contribution >= 4 is 5.91 Å². The van der Waals surface area contributed by atoms with Gasteiger partial charge in [0.2, 0.25) is 5.91 Å². The summed E-state index contributed by atoms with van der Waals surface area (Å²) < 4.78 is 6.33. The number of nitrogens with one attached hydrogen (secondary N) is 1. The molecule has 18 heavy (non-hydrogen) atoms. The Labute approximate surface area is 104 Å². The summed E-state index contributed by atoms with van der Waals surface area (Å²) in [6.45, 7) is 0.367. The lowest BCUT2D eigenvalue weighted by atomic mass is 10.4. The van der Waals surface area contributed by atoms with E-state index in [-0.39, 0.29) is 12.5 Å². The lowest BCUT2D eigenvalue weighted by Crippen LogP contribution is -2.26. The van der Waals surface area contributed by atoms with Crippen molar-refractivity contribution in [1.82, 2.24) is 25.3 Å². The Hall–Kier alpha value is -2.28. The quantitative estimate of drug-likeness (QED) is 0.799. The third-order valence-corrected chi connectivity index (χ3v) is 2.21. The zero-order valence-corrected chi connectivity index (χ0v) is 9.91. The van der Waals surface area contributed by atoms with Crippen LogP contribution in [0.1, 0.15) is 5.69 Å². The summed E-state index contributed by atoms with van der Waals surface area (Å²) in [4.78, 5) is 15.1. The van der Waals surface area contributed by atoms with Crippen LogP contribution in [0, 0.1) is 0 Å². The number of amides is 1. The summed E-state index contributed by atoms with van der Waals surface area (Å²) in [7, 11) is 1.47. The first-order valence-corrected chi connectivity index (χ1v) is 5.37. The van der Waals surface area contributed by atoms with Crippen LogP contribution in [0.25, 0.3) is 5.69 Å². The van der Waals surface area contributed by atoms with Crippen LogP contribution < -0.4 is 5.32 Å². The number of pyridine rings is 1. The lowest BCUT2D eigenvalue weighted by molar-refractivity contribution is -0.124. The molecule has 2 rings (SSSR count). The molecule has 1 N–H and O–H groups in total. The molecule has 1 amide bonds. The molecule has 0 bridgehead atoms. The number of carbonyl (C=O) groups is 1. The van der Waals surface area contributed by atoms with Crippen LogP contribution in [0.15, 0.2) is 30.7 Å². The topological polar surface area (TPSA) is 81.9 Å². The maximum atomic E-state index is 11.2. The molecule has 0 aromatic carbocycles. The van der Waals surface area contributed by atoms with Crippen molar-refractivity contribution in [3.63, 3.8) is 0 Å². The van der Waals surface area contributed by atoms with Gasteiger partial charge in [-0.3, -0.25) is 9.78 Å². The van der Waals surface area contributed by atoms with E-state index in [0.717, 1.165) is 5.69 Å². The molecule has 0 spiro atoms. The molecule has 2 aromatic rings. The number of carbonyl (C=O) groups excluding carboxylic acids is 1. The first-order valence-electron chi connectivity index (χ1n) is 5.37. The van der Waals surface area contributed by atoms with E-state index in [0.29, 0.717) is 12.2 Å². The van der Waals surface area contributed by atoms with Crippen molar-refractivity contribution < 1.29 is 9.53 Å². The van der Waals surface area contributed by atoms with Crippen molar-refractivity contribution in [1.29, 1.82) is 0 Å². The summed E-state index contributed by atoms with van der Waals surface area (Å²) in [6, 6.07) is 3.64. The SMILES string of the molecule is COCC(=O)NCc1cn(-c2ccncc2)nn1. The highest BCUT2D eigenvalue weighted by Gasteiger charge is 2.04. The van der Waals surface area contributed by atoms with E-state index in [9.17, 15) is 4.79 Å². The van der Waals surface area contributed by atoms with Crippen LogP contribution in [0.4, 0.5) is 0 Å². The molecule has 2 aromatic heterocycles. The van der Waals surface area contributed by atoms with E-state index in [4.69, 9.17) is 4.74 Å². The number of hydrogen-bond donors (Lipinski definition) is 1. The highest BCUT2D eigenvalue weighted by Crippen LogP contribution is 2.04. The van der Waals surface area contributed by atoms with Gasteiger partial charge in [0.25, 0.3) is 0 Å². The van der Waals surface area contributed by atoms with E-state index in [1.54, 1.807) is 23.3 Å². The minimum atomic E-state index is -0.184. The van der Waals surface area contributed by atoms with E-state index >= 15 is 0 Å². The van der Waals surface area contributed by atoms with Gasteiger partial charge in [0.05, 0.1) is 18.4 Å². The average molecular weight is 247 g/mol. The van der Waals surface area contributed by atoms with E-state index < -0.39 is 0 Å². The molecule has 0 radical (unpaired) electrons. The van der Waals surface area contributed by atoms with Gasteiger partial charge in [0.1, 0.15) is 12.3 Å². The highest BCUT2D eigenvalue weighted by molar-refractivity contribution is 5.77. The summed E-state index contributed by atoms with van der Waals surface area (Å²) in [5.41, 5.74) is 1.54. The number of ether oxygens (including phenoxy) is 1. The molecule has 0 saturated carbocycles. The molecule has 0 aliphatic rings. The fraction of sp³-hybridized carbons (Fsp3) is 0.273. The van der Waals surface area contributed by atoms with Gasteiger partial charge in [0.15, 0.2) is 0 Å². The Morgan fingerprint density at radius 3 is 2.94 bits per heavy atom. The van der Waals surface area contributed by atoms with Crippen LogP contribution in [-0.4, -0.2) is 39.6 Å². The van der Waals surface area contributed by atoms with E-state index in [1.807, 2.05) is 12.1 Å². The number of nitrogens with zero attached hydrogens (tertiary/aromatic N) is 4. The van der Waals surface area contributed by atoms with Gasteiger partial charge in [-0.05, 0) is 12.1 Å². The number of methoxy groups -OCH3 is 1. The predicted octanol–water partition coefficient (Wildman–Crippen LogP) is -0.0751. The van der Waals surface area contributed by atoms with E-state index in [2.05, 4.69) is 20.6 Å². The summed E-state index contributed by atoms with van der Waals surface area (Å²) in [6.07, 6.45) is 5.11. The van der Waals surface area contributed by atoms with Gasteiger partial charge >= 0.3 is 0 Å². The summed E-state index contributed by atoms with van der Waals surface area (Å²) >= 11 is 0. The second-order valence-electron chi connectivity index (χ2n) is 3.57. The fourth-order valence-electron chi connectivity index (χ4n) is 1.37. The Kier molecular flexibility index (Phi) is 3.98. The lowest BCUT2D eigenvalue weighted by Gasteiger charge is -2.00. The van der Waals surface area contributed by atoms with Crippen LogP contribution in [0.2, 0.25) is 0 Å². The van der Waals surface area contributed by atoms with Crippen LogP contribution in [-0.2, 0) is 16.1 Å². The molecule has 0 fully saturated rings. The molecule has 0 aliphatic heterocycles. The summed E-state index contributed by atoms with van der Waals surface area (Å²) in [5, 5.41) is 10.6. The van der Waals surface area contributed by atoms with Crippen molar-refractivity contribution in [3.8, 4) is 5.69 Å². The third-order valence-electron chi connectivity index (χ3n) is 2.21. The van der Waals surface area contributed by atoms with Gasteiger partial charge in [0, 0.05) is 19.5 Å². The third kappa shape index (κ3) is 3.11. The first kappa shape index (κ1) is 12.2. The van der Waals surface area contributed by atoms with Crippen molar-refractivity contribution in [2.24, 2.45) is 0 Å². The Morgan fingerprint density at radius 2 is 2.22 bits per heavy atom. The number of aromatic nitrogens is 4.